The Kier molecular flexibility index (Phi) is 3.34. The summed E-state index contributed by atoms with van der Waals surface area (Å²) in [5.41, 5.74) is 1.38. The largest absolute Gasteiger partial charge is 0.485 e. The molecule has 0 fully saturated rings. The molecule has 23 heavy (non-hydrogen) atoms. The van der Waals surface area contributed by atoms with Gasteiger partial charge in [0, 0.05) is 0 Å². The van der Waals surface area contributed by atoms with Crippen molar-refractivity contribution < 1.29 is 23.4 Å². The van der Waals surface area contributed by atoms with Crippen LogP contribution in [0.25, 0.3) is 11.1 Å². The molecule has 3 aromatic rings. The van der Waals surface area contributed by atoms with E-state index in [-0.39, 0.29) is 13.2 Å². The van der Waals surface area contributed by atoms with Crippen LogP contribution in [0.2, 0.25) is 0 Å². The summed E-state index contributed by atoms with van der Waals surface area (Å²) in [5, 5.41) is 0. The molecule has 4 rings (SSSR count). The molecule has 6 nitrogen and oxygen atoms in total. The lowest BCUT2D eigenvalue weighted by Crippen LogP contribution is -2.37. The fourth-order valence-corrected chi connectivity index (χ4v) is 2.34. The fraction of sp³-hybridized carbons (Fsp3) is 0.176. The van der Waals surface area contributed by atoms with Crippen molar-refractivity contribution in [2.45, 2.75) is 12.7 Å². The van der Waals surface area contributed by atoms with E-state index in [9.17, 15) is 4.79 Å². The van der Waals surface area contributed by atoms with Gasteiger partial charge < -0.3 is 18.6 Å². The van der Waals surface area contributed by atoms with Gasteiger partial charge in [-0.2, -0.15) is 0 Å². The Labute approximate surface area is 131 Å². The molecule has 1 aromatic heterocycles. The highest BCUT2D eigenvalue weighted by Crippen LogP contribution is 2.31. The summed E-state index contributed by atoms with van der Waals surface area (Å²) in [5.74, 6) is 0.983. The second kappa shape index (κ2) is 5.64. The number of nitrogens with zero attached hydrogens (tertiary/aromatic N) is 1. The molecule has 1 atom stereocenters. The van der Waals surface area contributed by atoms with Gasteiger partial charge in [0.05, 0.1) is 0 Å². The lowest BCUT2D eigenvalue weighted by atomic mass is 10.2. The monoisotopic (exact) mass is 311 g/mol. The zero-order valence-corrected chi connectivity index (χ0v) is 12.1. The number of rotatable bonds is 3. The minimum atomic E-state index is -0.797. The Bertz CT molecular complexity index is 824. The first-order valence-electron chi connectivity index (χ1n) is 7.19. The minimum absolute atomic E-state index is 0.0466. The predicted molar refractivity (Wildman–Crippen MR) is 80.2 cm³/mol. The Morgan fingerprint density at radius 2 is 1.91 bits per heavy atom. The summed E-state index contributed by atoms with van der Waals surface area (Å²) >= 11 is 0. The number of benzene rings is 2. The third-order valence-electron chi connectivity index (χ3n) is 3.45. The van der Waals surface area contributed by atoms with Crippen molar-refractivity contribution in [1.29, 1.82) is 0 Å². The topological polar surface area (TPSA) is 70.8 Å². The van der Waals surface area contributed by atoms with Crippen molar-refractivity contribution in [3.63, 3.8) is 0 Å². The van der Waals surface area contributed by atoms with Crippen molar-refractivity contribution in [3.05, 3.63) is 54.4 Å². The lowest BCUT2D eigenvalue weighted by molar-refractivity contribution is -0.156. The maximum absolute atomic E-state index is 12.1. The van der Waals surface area contributed by atoms with Gasteiger partial charge in [0.2, 0.25) is 12.0 Å². The standard InChI is InChI=1S/C17H13NO5/c19-17(15-9-20-13-7-3-4-8-14(13)22-15)21-10-16-18-11-5-1-2-6-12(11)23-16/h1-8,15H,9-10H2. The number of carbonyl (C=O) groups excluding carboxylic acids is 1. The van der Waals surface area contributed by atoms with E-state index in [1.165, 1.54) is 0 Å². The van der Waals surface area contributed by atoms with Crippen LogP contribution in [-0.2, 0) is 16.1 Å². The van der Waals surface area contributed by atoms with E-state index in [2.05, 4.69) is 4.98 Å². The van der Waals surface area contributed by atoms with Gasteiger partial charge in [-0.05, 0) is 24.3 Å². The van der Waals surface area contributed by atoms with Gasteiger partial charge in [-0.1, -0.05) is 24.3 Å². The van der Waals surface area contributed by atoms with E-state index in [1.807, 2.05) is 36.4 Å². The number of aromatic nitrogens is 1. The summed E-state index contributed by atoms with van der Waals surface area (Å²) in [6, 6.07) is 14.5. The predicted octanol–water partition coefficient (Wildman–Crippen LogP) is 2.71. The van der Waals surface area contributed by atoms with E-state index in [0.717, 1.165) is 5.52 Å². The van der Waals surface area contributed by atoms with Crippen molar-refractivity contribution in [3.8, 4) is 11.5 Å². The number of oxazole rings is 1. The molecule has 0 bridgehead atoms. The summed E-state index contributed by atoms with van der Waals surface area (Å²) < 4.78 is 21.8. The highest BCUT2D eigenvalue weighted by atomic mass is 16.6. The molecule has 0 aliphatic carbocycles. The zero-order valence-electron chi connectivity index (χ0n) is 12.1. The molecule has 2 heterocycles. The quantitative estimate of drug-likeness (QED) is 0.693. The van der Waals surface area contributed by atoms with E-state index >= 15 is 0 Å². The average molecular weight is 311 g/mol. The Hall–Kier alpha value is -3.02. The first-order chi connectivity index (χ1) is 11.3. The summed E-state index contributed by atoms with van der Waals surface area (Å²) in [4.78, 5) is 16.3. The van der Waals surface area contributed by atoms with Crippen molar-refractivity contribution in [2.75, 3.05) is 6.61 Å². The van der Waals surface area contributed by atoms with Crippen LogP contribution in [0, 0.1) is 0 Å². The van der Waals surface area contributed by atoms with Crippen molar-refractivity contribution in [2.24, 2.45) is 0 Å². The van der Waals surface area contributed by atoms with E-state index in [0.29, 0.717) is 23.0 Å². The number of carbonyl (C=O) groups is 1. The molecule has 1 aliphatic heterocycles. The van der Waals surface area contributed by atoms with Crippen LogP contribution in [0.1, 0.15) is 5.89 Å². The molecule has 0 saturated carbocycles. The van der Waals surface area contributed by atoms with Gasteiger partial charge in [0.15, 0.2) is 23.7 Å². The summed E-state index contributed by atoms with van der Waals surface area (Å²) in [7, 11) is 0. The molecule has 1 aliphatic rings. The first-order valence-corrected chi connectivity index (χ1v) is 7.19. The number of hydrogen-bond donors (Lipinski definition) is 0. The first kappa shape index (κ1) is 13.6. The molecule has 0 spiro atoms. The maximum Gasteiger partial charge on any atom is 0.351 e. The number of ether oxygens (including phenoxy) is 3. The second-order valence-electron chi connectivity index (χ2n) is 5.05. The highest BCUT2D eigenvalue weighted by Gasteiger charge is 2.29. The van der Waals surface area contributed by atoms with Crippen LogP contribution < -0.4 is 9.47 Å². The van der Waals surface area contributed by atoms with Crippen LogP contribution in [-0.4, -0.2) is 23.7 Å². The molecule has 0 N–H and O–H groups in total. The molecule has 0 radical (unpaired) electrons. The molecule has 0 amide bonds. The Morgan fingerprint density at radius 3 is 2.78 bits per heavy atom. The van der Waals surface area contributed by atoms with Gasteiger partial charge >= 0.3 is 5.97 Å². The van der Waals surface area contributed by atoms with Crippen molar-refractivity contribution in [1.82, 2.24) is 4.98 Å². The van der Waals surface area contributed by atoms with Crippen LogP contribution in [0.4, 0.5) is 0 Å². The zero-order chi connectivity index (χ0) is 15.6. The number of fused-ring (bicyclic) bond motifs is 2. The molecular formula is C17H13NO5. The molecule has 2 aromatic carbocycles. The number of para-hydroxylation sites is 4. The number of hydrogen-bond acceptors (Lipinski definition) is 6. The molecule has 0 saturated heterocycles. The van der Waals surface area contributed by atoms with E-state index < -0.39 is 12.1 Å². The third-order valence-corrected chi connectivity index (χ3v) is 3.45. The Balaban J connectivity index is 1.40. The second-order valence-corrected chi connectivity index (χ2v) is 5.05. The summed E-state index contributed by atoms with van der Waals surface area (Å²) in [6.07, 6.45) is -0.797. The van der Waals surface area contributed by atoms with Crippen LogP contribution in [0.15, 0.2) is 52.9 Å². The minimum Gasteiger partial charge on any atom is -0.485 e. The van der Waals surface area contributed by atoms with E-state index in [4.69, 9.17) is 18.6 Å². The highest BCUT2D eigenvalue weighted by molar-refractivity contribution is 5.76. The van der Waals surface area contributed by atoms with Gasteiger partial charge in [-0.25, -0.2) is 9.78 Å². The summed E-state index contributed by atoms with van der Waals surface area (Å²) in [6.45, 7) is 0.0679. The molecular weight excluding hydrogens is 298 g/mol. The van der Waals surface area contributed by atoms with Crippen molar-refractivity contribution >= 4 is 17.1 Å². The normalized spacial score (nSPS) is 16.3. The third kappa shape index (κ3) is 2.70. The SMILES string of the molecule is O=C(OCc1nc2ccccc2o1)C1COc2ccccc2O1. The smallest absolute Gasteiger partial charge is 0.351 e. The van der Waals surface area contributed by atoms with Crippen LogP contribution in [0.5, 0.6) is 11.5 Å². The van der Waals surface area contributed by atoms with E-state index in [1.54, 1.807) is 12.1 Å². The fourth-order valence-electron chi connectivity index (χ4n) is 2.34. The van der Waals surface area contributed by atoms with Gasteiger partial charge in [0.25, 0.3) is 0 Å². The molecule has 6 heteroatoms. The van der Waals surface area contributed by atoms with Crippen LogP contribution in [0.3, 0.4) is 0 Å². The van der Waals surface area contributed by atoms with Crippen LogP contribution >= 0.6 is 0 Å². The average Bonchev–Trinajstić information content (AvgIpc) is 3.02. The maximum atomic E-state index is 12.1. The number of esters is 1. The molecule has 1 unspecified atom stereocenters. The van der Waals surface area contributed by atoms with Gasteiger partial charge in [-0.3, -0.25) is 0 Å². The Morgan fingerprint density at radius 1 is 1.13 bits per heavy atom. The van der Waals surface area contributed by atoms with Gasteiger partial charge in [-0.15, -0.1) is 0 Å². The lowest BCUT2D eigenvalue weighted by Gasteiger charge is -2.24. The van der Waals surface area contributed by atoms with Gasteiger partial charge in [0.1, 0.15) is 12.1 Å². The molecule has 116 valence electrons.